The number of thioether (sulfide) groups is 1. The van der Waals surface area contributed by atoms with Crippen molar-refractivity contribution in [3.05, 3.63) is 29.6 Å². The van der Waals surface area contributed by atoms with Crippen molar-refractivity contribution in [2.45, 2.75) is 10.9 Å². The van der Waals surface area contributed by atoms with E-state index >= 15 is 0 Å². The molecular formula is C14H15F2N3O3S. The highest BCUT2D eigenvalue weighted by atomic mass is 32.2. The number of anilines is 1. The molecule has 0 radical (unpaired) electrons. The van der Waals surface area contributed by atoms with E-state index in [0.29, 0.717) is 5.69 Å². The molecule has 2 aliphatic rings. The maximum absolute atomic E-state index is 14.4. The molecule has 6 nitrogen and oxygen atoms in total. The second-order valence-electron chi connectivity index (χ2n) is 5.42. The predicted molar refractivity (Wildman–Crippen MR) is 82.7 cm³/mol. The van der Waals surface area contributed by atoms with Gasteiger partial charge in [0.25, 0.3) is 0 Å². The predicted octanol–water partition coefficient (Wildman–Crippen LogP) is 1.96. The van der Waals surface area contributed by atoms with Gasteiger partial charge in [-0.2, -0.15) is 0 Å². The van der Waals surface area contributed by atoms with E-state index in [2.05, 4.69) is 10.3 Å². The van der Waals surface area contributed by atoms with Gasteiger partial charge >= 0.3 is 6.09 Å². The van der Waals surface area contributed by atoms with E-state index in [4.69, 9.17) is 15.6 Å². The summed E-state index contributed by atoms with van der Waals surface area (Å²) in [6.45, 7) is -0.517. The van der Waals surface area contributed by atoms with Gasteiger partial charge in [0.1, 0.15) is 12.5 Å². The molecule has 1 amide bonds. The molecule has 1 saturated heterocycles. The summed E-state index contributed by atoms with van der Waals surface area (Å²) in [6.07, 6.45) is -1.97. The largest absolute Gasteiger partial charge is 0.465 e. The first-order valence-corrected chi connectivity index (χ1v) is 7.74. The number of benzene rings is 1. The lowest BCUT2D eigenvalue weighted by Gasteiger charge is -2.37. The maximum Gasteiger partial charge on any atom is 0.410 e. The highest BCUT2D eigenvalue weighted by Gasteiger charge is 2.55. The molecule has 0 saturated carbocycles. The Morgan fingerprint density at radius 2 is 2.39 bits per heavy atom. The number of amides is 1. The second-order valence-corrected chi connectivity index (χ2v) is 6.74. The molecule has 0 unspecified atom stereocenters. The number of nitrogens with zero attached hydrogens (tertiary/aromatic N) is 1. The second kappa shape index (κ2) is 5.97. The molecule has 1 fully saturated rings. The topological polar surface area (TPSA) is 96.9 Å². The molecule has 3 atom stereocenters. The molecule has 2 aliphatic heterocycles. The zero-order chi connectivity index (χ0) is 16.6. The standard InChI is InChI=1S/C14H15F2N3O3S/c15-4-11-9-5-18-12(19-13(20)21)23-14(9,6-22-11)8-3-7(17)1-2-10(8)16/h1-3,9,11H,4-6,17H2,(H,18,19)(H,20,21)/t9-,11+,14+/m0/s1. The van der Waals surface area contributed by atoms with Gasteiger partial charge in [-0.25, -0.2) is 13.6 Å². The molecular weight excluding hydrogens is 328 g/mol. The van der Waals surface area contributed by atoms with E-state index in [1.165, 1.54) is 18.2 Å². The third-order valence-electron chi connectivity index (χ3n) is 4.08. The van der Waals surface area contributed by atoms with Crippen LogP contribution in [0.1, 0.15) is 5.56 Å². The first kappa shape index (κ1) is 16.0. The summed E-state index contributed by atoms with van der Waals surface area (Å²) in [6, 6.07) is 4.17. The minimum absolute atomic E-state index is 0.0532. The van der Waals surface area contributed by atoms with Crippen molar-refractivity contribution in [1.29, 1.82) is 0 Å². The minimum atomic E-state index is -1.26. The van der Waals surface area contributed by atoms with Crippen LogP contribution in [0, 0.1) is 11.7 Å². The average Bonchev–Trinajstić information content (AvgIpc) is 2.88. The summed E-state index contributed by atoms with van der Waals surface area (Å²) in [5.41, 5.74) is 6.42. The Labute approximate surface area is 135 Å². The third kappa shape index (κ3) is 2.74. The Hall–Kier alpha value is -1.87. The van der Waals surface area contributed by atoms with Gasteiger partial charge in [0.15, 0.2) is 5.17 Å². The molecule has 23 heavy (non-hydrogen) atoms. The van der Waals surface area contributed by atoms with Crippen molar-refractivity contribution in [2.24, 2.45) is 10.9 Å². The Balaban J connectivity index is 2.06. The molecule has 1 aromatic carbocycles. The first-order valence-electron chi connectivity index (χ1n) is 6.93. The van der Waals surface area contributed by atoms with E-state index in [0.717, 1.165) is 11.8 Å². The van der Waals surface area contributed by atoms with Gasteiger partial charge in [-0.3, -0.25) is 10.3 Å². The number of amidine groups is 1. The number of rotatable bonds is 2. The van der Waals surface area contributed by atoms with Crippen LogP contribution in [0.5, 0.6) is 0 Å². The number of alkyl halides is 1. The van der Waals surface area contributed by atoms with Crippen molar-refractivity contribution in [1.82, 2.24) is 5.32 Å². The summed E-state index contributed by atoms with van der Waals surface area (Å²) in [5, 5.41) is 11.2. The van der Waals surface area contributed by atoms with Crippen LogP contribution in [0.15, 0.2) is 23.2 Å². The number of aliphatic imine (C=N–C) groups is 1. The number of carboxylic acid groups (broad SMARTS) is 1. The lowest BCUT2D eigenvalue weighted by atomic mass is 9.83. The number of nitrogen functional groups attached to an aromatic ring is 1. The summed E-state index contributed by atoms with van der Waals surface area (Å²) in [4.78, 5) is 15.0. The van der Waals surface area contributed by atoms with Gasteiger partial charge in [0.2, 0.25) is 0 Å². The highest BCUT2D eigenvalue weighted by molar-refractivity contribution is 8.14. The van der Waals surface area contributed by atoms with E-state index in [9.17, 15) is 13.6 Å². The summed E-state index contributed by atoms with van der Waals surface area (Å²) in [7, 11) is 0. The van der Waals surface area contributed by atoms with Gasteiger partial charge in [-0.1, -0.05) is 11.8 Å². The van der Waals surface area contributed by atoms with Crippen LogP contribution in [-0.4, -0.2) is 42.3 Å². The zero-order valence-electron chi connectivity index (χ0n) is 12.0. The number of fused-ring (bicyclic) bond motifs is 1. The molecule has 0 aromatic heterocycles. The molecule has 124 valence electrons. The number of nitrogens with two attached hydrogens (primary N) is 1. The number of ether oxygens (including phenoxy) is 1. The van der Waals surface area contributed by atoms with Crippen molar-refractivity contribution in [2.75, 3.05) is 25.6 Å². The summed E-state index contributed by atoms with van der Waals surface area (Å²) in [5.74, 6) is -0.899. The summed E-state index contributed by atoms with van der Waals surface area (Å²) < 4.78 is 32.2. The van der Waals surface area contributed by atoms with Crippen LogP contribution in [0.25, 0.3) is 0 Å². The van der Waals surface area contributed by atoms with E-state index < -0.39 is 35.4 Å². The molecule has 1 aromatic rings. The monoisotopic (exact) mass is 343 g/mol. The molecule has 0 aliphatic carbocycles. The lowest BCUT2D eigenvalue weighted by molar-refractivity contribution is 0.0701. The fourth-order valence-electron chi connectivity index (χ4n) is 3.02. The smallest absolute Gasteiger partial charge is 0.410 e. The van der Waals surface area contributed by atoms with Gasteiger partial charge in [-0.15, -0.1) is 0 Å². The fourth-order valence-corrected chi connectivity index (χ4v) is 4.41. The third-order valence-corrected chi connectivity index (χ3v) is 5.51. The number of halogens is 2. The maximum atomic E-state index is 14.4. The van der Waals surface area contributed by atoms with Gasteiger partial charge in [0, 0.05) is 23.7 Å². The number of hydrogen-bond acceptors (Lipinski definition) is 5. The van der Waals surface area contributed by atoms with Crippen LogP contribution in [-0.2, 0) is 9.48 Å². The minimum Gasteiger partial charge on any atom is -0.465 e. The van der Waals surface area contributed by atoms with Gasteiger partial charge in [-0.05, 0) is 18.2 Å². The van der Waals surface area contributed by atoms with Crippen LogP contribution in [0.3, 0.4) is 0 Å². The van der Waals surface area contributed by atoms with Crippen LogP contribution in [0.4, 0.5) is 19.3 Å². The lowest BCUT2D eigenvalue weighted by Crippen LogP contribution is -2.44. The number of nitrogens with one attached hydrogen (secondary N) is 1. The van der Waals surface area contributed by atoms with E-state index in [-0.39, 0.29) is 23.9 Å². The first-order chi connectivity index (χ1) is 11.0. The molecule has 2 heterocycles. The zero-order valence-corrected chi connectivity index (χ0v) is 12.8. The van der Waals surface area contributed by atoms with Crippen molar-refractivity contribution in [3.8, 4) is 0 Å². The summed E-state index contributed by atoms with van der Waals surface area (Å²) >= 11 is 1.04. The Kier molecular flexibility index (Phi) is 4.15. The molecule has 0 spiro atoms. The Morgan fingerprint density at radius 3 is 3.09 bits per heavy atom. The number of carbonyl (C=O) groups is 1. The quantitative estimate of drug-likeness (QED) is 0.713. The fraction of sp³-hybridized carbons (Fsp3) is 0.429. The van der Waals surface area contributed by atoms with Gasteiger partial charge < -0.3 is 15.6 Å². The number of hydrogen-bond donors (Lipinski definition) is 3. The van der Waals surface area contributed by atoms with Gasteiger partial charge in [0.05, 0.1) is 17.5 Å². The molecule has 3 rings (SSSR count). The Morgan fingerprint density at radius 1 is 1.61 bits per heavy atom. The SMILES string of the molecule is Nc1ccc(F)c([C@]23CO[C@H](CF)[C@@H]2CN=C(NC(=O)O)S3)c1. The van der Waals surface area contributed by atoms with Crippen LogP contribution >= 0.6 is 11.8 Å². The van der Waals surface area contributed by atoms with Crippen LogP contribution in [0.2, 0.25) is 0 Å². The van der Waals surface area contributed by atoms with Crippen molar-refractivity contribution >= 4 is 28.7 Å². The van der Waals surface area contributed by atoms with Crippen molar-refractivity contribution in [3.63, 3.8) is 0 Å². The van der Waals surface area contributed by atoms with Crippen molar-refractivity contribution < 1.29 is 23.4 Å². The van der Waals surface area contributed by atoms with E-state index in [1.54, 1.807) is 0 Å². The Bertz CT molecular complexity index is 673. The van der Waals surface area contributed by atoms with Crippen LogP contribution < -0.4 is 11.1 Å². The average molecular weight is 343 g/mol. The normalized spacial score (nSPS) is 29.7. The van der Waals surface area contributed by atoms with E-state index in [1.807, 2.05) is 0 Å². The molecule has 9 heteroatoms. The highest BCUT2D eigenvalue weighted by Crippen LogP contribution is 2.53. The molecule has 4 N–H and O–H groups in total. The molecule has 0 bridgehead atoms.